The molecule has 1 saturated heterocycles. The summed E-state index contributed by atoms with van der Waals surface area (Å²) >= 11 is 1.84. The van der Waals surface area contributed by atoms with E-state index in [1.807, 2.05) is 11.3 Å². The number of rotatable bonds is 4. The first-order valence-electron chi connectivity index (χ1n) is 8.32. The van der Waals surface area contributed by atoms with Crippen LogP contribution in [0.3, 0.4) is 0 Å². The lowest BCUT2D eigenvalue weighted by atomic mass is 9.92. The summed E-state index contributed by atoms with van der Waals surface area (Å²) in [5.74, 6) is 0.804. The number of thiazole rings is 1. The Labute approximate surface area is 137 Å². The number of nitrogens with one attached hydrogen (secondary N) is 1. The number of piperidine rings is 1. The smallest absolute Gasteiger partial charge is 0.0954 e. The molecule has 1 aliphatic heterocycles. The molecule has 4 heteroatoms. The molecule has 0 aliphatic carbocycles. The average molecular weight is 318 g/mol. The Kier molecular flexibility index (Phi) is 4.81. The van der Waals surface area contributed by atoms with Crippen molar-refractivity contribution in [2.24, 2.45) is 5.92 Å². The molecule has 1 N–H and O–H groups in total. The molecular formula is C18H27N3S. The number of nitrogens with zero attached hydrogens (tertiary/aromatic N) is 2. The predicted octanol–water partition coefficient (Wildman–Crippen LogP) is 3.85. The summed E-state index contributed by atoms with van der Waals surface area (Å²) in [4.78, 5) is 7.12. The summed E-state index contributed by atoms with van der Waals surface area (Å²) in [5.41, 5.74) is 2.57. The van der Waals surface area contributed by atoms with Crippen molar-refractivity contribution < 1.29 is 0 Å². The normalized spacial score (nSPS) is 24.0. The fourth-order valence-electron chi connectivity index (χ4n) is 3.01. The van der Waals surface area contributed by atoms with E-state index in [1.165, 1.54) is 33.6 Å². The molecule has 1 unspecified atom stereocenters. The van der Waals surface area contributed by atoms with Crippen molar-refractivity contribution in [3.8, 4) is 0 Å². The van der Waals surface area contributed by atoms with Gasteiger partial charge in [0.05, 0.1) is 15.2 Å². The van der Waals surface area contributed by atoms with E-state index in [-0.39, 0.29) is 0 Å². The van der Waals surface area contributed by atoms with Crippen molar-refractivity contribution in [3.63, 3.8) is 0 Å². The molecule has 1 fully saturated rings. The Balaban J connectivity index is 1.78. The Morgan fingerprint density at radius 1 is 1.36 bits per heavy atom. The largest absolute Gasteiger partial charge is 0.310 e. The Morgan fingerprint density at radius 3 is 2.86 bits per heavy atom. The summed E-state index contributed by atoms with van der Waals surface area (Å²) in [5, 5.41) is 4.92. The van der Waals surface area contributed by atoms with Crippen LogP contribution < -0.4 is 5.32 Å². The van der Waals surface area contributed by atoms with Crippen LogP contribution >= 0.6 is 11.3 Å². The minimum atomic E-state index is 0.506. The molecule has 1 aliphatic rings. The SMILES string of the molecule is C[C@H]1CCC(c2ccc3sc(C[C@@H](C)N(C)C)nc3c2)NC1. The van der Waals surface area contributed by atoms with Crippen molar-refractivity contribution in [3.05, 3.63) is 28.8 Å². The van der Waals surface area contributed by atoms with Crippen LogP contribution in [-0.2, 0) is 6.42 Å². The van der Waals surface area contributed by atoms with Gasteiger partial charge in [0.25, 0.3) is 0 Å². The number of likely N-dealkylation sites (N-methyl/N-ethyl adjacent to an activating group) is 1. The number of hydrogen-bond donors (Lipinski definition) is 1. The maximum atomic E-state index is 4.87. The summed E-state index contributed by atoms with van der Waals surface area (Å²) in [6.07, 6.45) is 3.58. The first-order chi connectivity index (χ1) is 10.5. The highest BCUT2D eigenvalue weighted by atomic mass is 32.1. The summed E-state index contributed by atoms with van der Waals surface area (Å²) in [6, 6.07) is 7.87. The first kappa shape index (κ1) is 15.9. The van der Waals surface area contributed by atoms with Gasteiger partial charge in [-0.05, 0) is 64.0 Å². The van der Waals surface area contributed by atoms with Crippen LogP contribution in [0.5, 0.6) is 0 Å². The van der Waals surface area contributed by atoms with Crippen LogP contribution in [0.2, 0.25) is 0 Å². The van der Waals surface area contributed by atoms with E-state index < -0.39 is 0 Å². The monoisotopic (exact) mass is 317 g/mol. The fourth-order valence-corrected chi connectivity index (χ4v) is 4.08. The molecule has 120 valence electrons. The molecular weight excluding hydrogens is 290 g/mol. The number of benzene rings is 1. The van der Waals surface area contributed by atoms with Gasteiger partial charge in [-0.1, -0.05) is 13.0 Å². The standard InChI is InChI=1S/C18H27N3S/c1-12-5-7-15(19-11-12)14-6-8-17-16(10-14)20-18(22-17)9-13(2)21(3)4/h6,8,10,12-13,15,19H,5,7,9,11H2,1-4H3/t12-,13+,15?/m0/s1. The van der Waals surface area contributed by atoms with Gasteiger partial charge in [-0.25, -0.2) is 4.98 Å². The van der Waals surface area contributed by atoms with Gasteiger partial charge in [0.1, 0.15) is 0 Å². The fraction of sp³-hybridized carbons (Fsp3) is 0.611. The highest BCUT2D eigenvalue weighted by Crippen LogP contribution is 2.30. The molecule has 1 aromatic carbocycles. The van der Waals surface area contributed by atoms with Gasteiger partial charge >= 0.3 is 0 Å². The van der Waals surface area contributed by atoms with E-state index in [0.29, 0.717) is 12.1 Å². The number of hydrogen-bond acceptors (Lipinski definition) is 4. The Morgan fingerprint density at radius 2 is 2.18 bits per heavy atom. The number of aromatic nitrogens is 1. The van der Waals surface area contributed by atoms with Gasteiger partial charge < -0.3 is 10.2 Å². The molecule has 1 aromatic heterocycles. The van der Waals surface area contributed by atoms with Gasteiger partial charge in [0, 0.05) is 18.5 Å². The van der Waals surface area contributed by atoms with Gasteiger partial charge in [-0.2, -0.15) is 0 Å². The third kappa shape index (κ3) is 3.50. The molecule has 0 spiro atoms. The molecule has 3 rings (SSSR count). The third-order valence-corrected chi connectivity index (χ3v) is 5.93. The minimum absolute atomic E-state index is 0.506. The van der Waals surface area contributed by atoms with Gasteiger partial charge in [0.2, 0.25) is 0 Å². The molecule has 0 radical (unpaired) electrons. The average Bonchev–Trinajstić information content (AvgIpc) is 2.89. The zero-order chi connectivity index (χ0) is 15.7. The van der Waals surface area contributed by atoms with Crippen LogP contribution in [0.4, 0.5) is 0 Å². The Hall–Kier alpha value is -0.970. The molecule has 2 heterocycles. The zero-order valence-electron chi connectivity index (χ0n) is 14.1. The second-order valence-corrected chi connectivity index (χ2v) is 8.11. The van der Waals surface area contributed by atoms with Crippen molar-refractivity contribution >= 4 is 21.6 Å². The maximum Gasteiger partial charge on any atom is 0.0954 e. The predicted molar refractivity (Wildman–Crippen MR) is 95.6 cm³/mol. The lowest BCUT2D eigenvalue weighted by molar-refractivity contribution is 0.312. The van der Waals surface area contributed by atoms with Crippen molar-refractivity contribution in [2.75, 3.05) is 20.6 Å². The summed E-state index contributed by atoms with van der Waals surface area (Å²) < 4.78 is 1.31. The van der Waals surface area contributed by atoms with Crippen LogP contribution in [0.25, 0.3) is 10.2 Å². The minimum Gasteiger partial charge on any atom is -0.310 e. The quantitative estimate of drug-likeness (QED) is 0.928. The molecule has 3 nitrogen and oxygen atoms in total. The summed E-state index contributed by atoms with van der Waals surface area (Å²) in [7, 11) is 4.26. The van der Waals surface area contributed by atoms with Crippen molar-refractivity contribution in [2.45, 2.75) is 45.2 Å². The van der Waals surface area contributed by atoms with Crippen LogP contribution in [0.1, 0.15) is 43.3 Å². The first-order valence-corrected chi connectivity index (χ1v) is 9.13. The zero-order valence-corrected chi connectivity index (χ0v) is 14.9. The molecule has 3 atom stereocenters. The third-order valence-electron chi connectivity index (χ3n) is 4.87. The molecule has 22 heavy (non-hydrogen) atoms. The molecule has 2 aromatic rings. The highest BCUT2D eigenvalue weighted by molar-refractivity contribution is 7.18. The second-order valence-electron chi connectivity index (χ2n) is 6.99. The lowest BCUT2D eigenvalue weighted by Gasteiger charge is -2.28. The topological polar surface area (TPSA) is 28.2 Å². The highest BCUT2D eigenvalue weighted by Gasteiger charge is 2.19. The molecule has 0 saturated carbocycles. The van der Waals surface area contributed by atoms with Crippen molar-refractivity contribution in [1.29, 1.82) is 0 Å². The Bertz CT molecular complexity index is 626. The van der Waals surface area contributed by atoms with Crippen LogP contribution in [-0.4, -0.2) is 36.6 Å². The number of fused-ring (bicyclic) bond motifs is 1. The summed E-state index contributed by atoms with van der Waals surface area (Å²) in [6.45, 7) is 5.71. The van der Waals surface area contributed by atoms with Gasteiger partial charge in [-0.3, -0.25) is 0 Å². The van der Waals surface area contributed by atoms with E-state index in [0.717, 1.165) is 18.9 Å². The van der Waals surface area contributed by atoms with E-state index in [1.54, 1.807) is 0 Å². The second kappa shape index (κ2) is 6.65. The lowest BCUT2D eigenvalue weighted by Crippen LogP contribution is -2.31. The van der Waals surface area contributed by atoms with Crippen molar-refractivity contribution in [1.82, 2.24) is 15.2 Å². The maximum absolute atomic E-state index is 4.87. The van der Waals surface area contributed by atoms with E-state index >= 15 is 0 Å². The van der Waals surface area contributed by atoms with E-state index in [9.17, 15) is 0 Å². The molecule has 0 amide bonds. The van der Waals surface area contributed by atoms with Crippen LogP contribution in [0.15, 0.2) is 18.2 Å². The molecule has 0 bridgehead atoms. The van der Waals surface area contributed by atoms with E-state index in [2.05, 4.69) is 56.4 Å². The van der Waals surface area contributed by atoms with Crippen LogP contribution in [0, 0.1) is 5.92 Å². The van der Waals surface area contributed by atoms with Gasteiger partial charge in [0.15, 0.2) is 0 Å². The van der Waals surface area contributed by atoms with E-state index in [4.69, 9.17) is 4.98 Å². The van der Waals surface area contributed by atoms with Gasteiger partial charge in [-0.15, -0.1) is 11.3 Å².